The minimum atomic E-state index is -4.75. The molecule has 0 aromatic heterocycles. The minimum Gasteiger partial charge on any atom is -0.338 e. The number of alkyl halides is 3. The van der Waals surface area contributed by atoms with E-state index >= 15 is 0 Å². The summed E-state index contributed by atoms with van der Waals surface area (Å²) in [5, 5.41) is 5.74. The van der Waals surface area contributed by atoms with E-state index in [1.54, 1.807) is 13.8 Å². The van der Waals surface area contributed by atoms with Crippen LogP contribution in [0.4, 0.5) is 23.2 Å². The predicted octanol–water partition coefficient (Wildman–Crippen LogP) is 3.46. The Morgan fingerprint density at radius 3 is 2.42 bits per heavy atom. The van der Waals surface area contributed by atoms with Crippen LogP contribution in [0.2, 0.25) is 0 Å². The summed E-state index contributed by atoms with van der Waals surface area (Å²) in [6, 6.07) is 1.29. The first-order chi connectivity index (χ1) is 12.2. The van der Waals surface area contributed by atoms with Gasteiger partial charge in [0.25, 0.3) is 0 Å². The van der Waals surface area contributed by atoms with Crippen LogP contribution in [0.15, 0.2) is 22.2 Å². The van der Waals surface area contributed by atoms with Crippen LogP contribution in [-0.4, -0.2) is 60.2 Å². The van der Waals surface area contributed by atoms with Crippen molar-refractivity contribution in [3.63, 3.8) is 0 Å². The van der Waals surface area contributed by atoms with Crippen molar-refractivity contribution in [1.82, 2.24) is 14.8 Å². The first kappa shape index (κ1) is 18.6. The van der Waals surface area contributed by atoms with E-state index in [-0.39, 0.29) is 11.3 Å². The van der Waals surface area contributed by atoms with Gasteiger partial charge in [0.05, 0.1) is 17.3 Å². The lowest BCUT2D eigenvalue weighted by Crippen LogP contribution is -2.52. The lowest BCUT2D eigenvalue weighted by atomic mass is 9.99. The van der Waals surface area contributed by atoms with Crippen LogP contribution in [0.1, 0.15) is 31.0 Å². The third kappa shape index (κ3) is 3.27. The lowest BCUT2D eigenvalue weighted by molar-refractivity contribution is -0.140. The molecule has 9 heteroatoms. The summed E-state index contributed by atoms with van der Waals surface area (Å²) in [6.45, 7) is 6.45. The number of benzene rings is 1. The van der Waals surface area contributed by atoms with E-state index in [2.05, 4.69) is 15.0 Å². The third-order valence-corrected chi connectivity index (χ3v) is 4.70. The van der Waals surface area contributed by atoms with Crippen molar-refractivity contribution in [2.75, 3.05) is 33.2 Å². The van der Waals surface area contributed by atoms with E-state index in [0.29, 0.717) is 5.96 Å². The quantitative estimate of drug-likeness (QED) is 0.560. The van der Waals surface area contributed by atoms with Gasteiger partial charge in [-0.2, -0.15) is 18.3 Å². The predicted molar refractivity (Wildman–Crippen MR) is 92.0 cm³/mol. The van der Waals surface area contributed by atoms with Crippen molar-refractivity contribution in [1.29, 1.82) is 0 Å². The molecule has 0 radical (unpaired) electrons. The molecular formula is C17H21F4N5. The summed E-state index contributed by atoms with van der Waals surface area (Å²) in [4.78, 5) is 8.67. The van der Waals surface area contributed by atoms with Gasteiger partial charge < -0.3 is 9.80 Å². The summed E-state index contributed by atoms with van der Waals surface area (Å²) in [6.07, 6.45) is -3.22. The van der Waals surface area contributed by atoms with Gasteiger partial charge in [0, 0.05) is 38.0 Å². The molecule has 1 unspecified atom stereocenters. The molecule has 1 aromatic rings. The van der Waals surface area contributed by atoms with E-state index in [0.717, 1.165) is 32.2 Å². The Morgan fingerprint density at radius 2 is 1.85 bits per heavy atom. The molecule has 142 valence electrons. The summed E-state index contributed by atoms with van der Waals surface area (Å²) >= 11 is 0. The molecule has 5 nitrogen and oxygen atoms in total. The Bertz CT molecular complexity index is 735. The Morgan fingerprint density at radius 1 is 1.19 bits per heavy atom. The van der Waals surface area contributed by atoms with Crippen molar-refractivity contribution in [2.45, 2.75) is 26.1 Å². The zero-order chi connectivity index (χ0) is 19.1. The summed E-state index contributed by atoms with van der Waals surface area (Å²) in [5.74, 6) is -0.740. The molecule has 3 rings (SSSR count). The lowest BCUT2D eigenvalue weighted by Gasteiger charge is -2.41. The topological polar surface area (TPSA) is 34.4 Å². The van der Waals surface area contributed by atoms with Gasteiger partial charge in [-0.15, -0.1) is 0 Å². The Hall–Kier alpha value is -2.16. The Labute approximate surface area is 149 Å². The fourth-order valence-corrected chi connectivity index (χ4v) is 3.25. The van der Waals surface area contributed by atoms with Crippen molar-refractivity contribution in [2.24, 2.45) is 10.1 Å². The van der Waals surface area contributed by atoms with E-state index in [1.807, 2.05) is 11.9 Å². The highest BCUT2D eigenvalue weighted by molar-refractivity contribution is 5.86. The number of guanidine groups is 1. The van der Waals surface area contributed by atoms with Crippen LogP contribution in [0, 0.1) is 5.82 Å². The standard InChI is InChI=1S/C17H21F4N5/c1-4-22-26-11(2)14-13(6-5-12(15(14)18)17(19,20)21)23-16(26)25-9-7-24(3)8-10-25/h4-6,11H,7-10H2,1-3H3/b22-4-. The van der Waals surface area contributed by atoms with E-state index in [4.69, 9.17) is 0 Å². The van der Waals surface area contributed by atoms with Gasteiger partial charge in [-0.25, -0.2) is 14.4 Å². The molecule has 0 saturated carbocycles. The van der Waals surface area contributed by atoms with Gasteiger partial charge in [-0.3, -0.25) is 0 Å². The van der Waals surface area contributed by atoms with Crippen LogP contribution in [-0.2, 0) is 6.18 Å². The number of piperazine rings is 1. The number of likely N-dealkylation sites (N-methyl/N-ethyl adjacent to an activating group) is 1. The average molecular weight is 371 g/mol. The number of fused-ring (bicyclic) bond motifs is 1. The maximum Gasteiger partial charge on any atom is 0.419 e. The molecule has 0 amide bonds. The third-order valence-electron chi connectivity index (χ3n) is 4.70. The molecular weight excluding hydrogens is 350 g/mol. The number of rotatable bonds is 1. The maximum atomic E-state index is 14.6. The molecule has 2 aliphatic heterocycles. The van der Waals surface area contributed by atoms with Gasteiger partial charge in [-0.05, 0) is 33.0 Å². The SMILES string of the molecule is C/C=N\N1C(N2CCN(C)CC2)=Nc2ccc(C(F)(F)F)c(F)c2C1C. The Kier molecular flexibility index (Phi) is 4.92. The smallest absolute Gasteiger partial charge is 0.338 e. The molecule has 26 heavy (non-hydrogen) atoms. The number of hydrazone groups is 1. The monoisotopic (exact) mass is 371 g/mol. The first-order valence-electron chi connectivity index (χ1n) is 8.43. The molecule has 1 atom stereocenters. The highest BCUT2D eigenvalue weighted by atomic mass is 19.4. The van der Waals surface area contributed by atoms with Crippen LogP contribution in [0.3, 0.4) is 0 Å². The van der Waals surface area contributed by atoms with E-state index < -0.39 is 23.6 Å². The molecule has 0 bridgehead atoms. The second-order valence-electron chi connectivity index (χ2n) is 6.45. The molecule has 1 aromatic carbocycles. The van der Waals surface area contributed by atoms with Gasteiger partial charge in [0.2, 0.25) is 5.96 Å². The van der Waals surface area contributed by atoms with Crippen molar-refractivity contribution in [3.05, 3.63) is 29.1 Å². The number of hydrogen-bond acceptors (Lipinski definition) is 5. The van der Waals surface area contributed by atoms with Crippen LogP contribution < -0.4 is 0 Å². The molecule has 0 spiro atoms. The minimum absolute atomic E-state index is 0.0803. The zero-order valence-corrected chi connectivity index (χ0v) is 14.9. The average Bonchev–Trinajstić information content (AvgIpc) is 2.57. The van der Waals surface area contributed by atoms with Crippen molar-refractivity contribution in [3.8, 4) is 0 Å². The van der Waals surface area contributed by atoms with Crippen LogP contribution >= 0.6 is 0 Å². The largest absolute Gasteiger partial charge is 0.419 e. The highest BCUT2D eigenvalue weighted by Crippen LogP contribution is 2.42. The highest BCUT2D eigenvalue weighted by Gasteiger charge is 2.40. The summed E-state index contributed by atoms with van der Waals surface area (Å²) < 4.78 is 53.8. The molecule has 2 heterocycles. The second-order valence-corrected chi connectivity index (χ2v) is 6.45. The fraction of sp³-hybridized carbons (Fsp3) is 0.529. The van der Waals surface area contributed by atoms with Gasteiger partial charge in [-0.1, -0.05) is 0 Å². The van der Waals surface area contributed by atoms with Crippen LogP contribution in [0.25, 0.3) is 0 Å². The fourth-order valence-electron chi connectivity index (χ4n) is 3.25. The summed E-state index contributed by atoms with van der Waals surface area (Å²) in [7, 11) is 2.02. The second kappa shape index (κ2) is 6.86. The molecule has 0 N–H and O–H groups in total. The maximum absolute atomic E-state index is 14.6. The van der Waals surface area contributed by atoms with Gasteiger partial charge >= 0.3 is 6.18 Å². The van der Waals surface area contributed by atoms with Crippen molar-refractivity contribution < 1.29 is 17.6 Å². The number of nitrogens with zero attached hydrogens (tertiary/aromatic N) is 5. The molecule has 2 aliphatic rings. The zero-order valence-electron chi connectivity index (χ0n) is 14.9. The van der Waals surface area contributed by atoms with Crippen molar-refractivity contribution >= 4 is 17.9 Å². The molecule has 0 aliphatic carbocycles. The van der Waals surface area contributed by atoms with E-state index in [1.165, 1.54) is 17.3 Å². The van der Waals surface area contributed by atoms with E-state index in [9.17, 15) is 17.6 Å². The number of halogens is 4. The van der Waals surface area contributed by atoms with Gasteiger partial charge in [0.1, 0.15) is 5.82 Å². The molecule has 1 saturated heterocycles. The molecule has 1 fully saturated rings. The number of aliphatic imine (C=N–C) groups is 1. The Balaban J connectivity index is 2.08. The normalized spacial score (nSPS) is 22.0. The van der Waals surface area contributed by atoms with Gasteiger partial charge in [0.15, 0.2) is 0 Å². The first-order valence-corrected chi connectivity index (χ1v) is 8.43. The van der Waals surface area contributed by atoms with Crippen LogP contribution in [0.5, 0.6) is 0 Å². The summed E-state index contributed by atoms with van der Waals surface area (Å²) in [5.41, 5.74) is -1.13. The number of hydrogen-bond donors (Lipinski definition) is 0.